The molecule has 0 saturated carbocycles. The van der Waals surface area contributed by atoms with Crippen molar-refractivity contribution in [2.75, 3.05) is 13.1 Å². The van der Waals surface area contributed by atoms with Gasteiger partial charge in [0.05, 0.1) is 12.5 Å². The Morgan fingerprint density at radius 2 is 1.91 bits per heavy atom. The lowest BCUT2D eigenvalue weighted by Crippen LogP contribution is -2.44. The number of aromatic nitrogens is 4. The summed E-state index contributed by atoms with van der Waals surface area (Å²) in [5.74, 6) is 0. The fourth-order valence-corrected chi connectivity index (χ4v) is 3.44. The van der Waals surface area contributed by atoms with Gasteiger partial charge in [0.15, 0.2) is 11.2 Å². The third-order valence-electron chi connectivity index (χ3n) is 4.86. The number of nitrogens with zero attached hydrogens (tertiary/aromatic N) is 5. The number of fused-ring (bicyclic) bond motifs is 1. The van der Waals surface area contributed by atoms with E-state index < -0.39 is 0 Å². The van der Waals surface area contributed by atoms with Gasteiger partial charge in [0.2, 0.25) is 0 Å². The first kappa shape index (κ1) is 15.9. The second-order valence-electron chi connectivity index (χ2n) is 6.29. The maximum Gasteiger partial charge on any atom is 0.332 e. The number of piperidine rings is 1. The molecule has 3 heterocycles. The van der Waals surface area contributed by atoms with E-state index >= 15 is 0 Å². The smallest absolute Gasteiger partial charge is 0.328 e. The largest absolute Gasteiger partial charge is 0.332 e. The van der Waals surface area contributed by atoms with E-state index in [1.807, 2.05) is 4.57 Å². The maximum absolute atomic E-state index is 12.6. The average Bonchev–Trinajstić information content (AvgIpc) is 2.98. The highest BCUT2D eigenvalue weighted by atomic mass is 16.2. The molecule has 3 rings (SSSR count). The van der Waals surface area contributed by atoms with Gasteiger partial charge in [0.25, 0.3) is 5.56 Å². The molecule has 2 aromatic heterocycles. The monoisotopic (exact) mass is 320 g/mol. The first-order valence-corrected chi connectivity index (χ1v) is 8.07. The highest BCUT2D eigenvalue weighted by molar-refractivity contribution is 5.70. The summed E-state index contributed by atoms with van der Waals surface area (Å²) < 4.78 is 4.47. The van der Waals surface area contributed by atoms with Crippen LogP contribution in [0.4, 0.5) is 0 Å². The Morgan fingerprint density at radius 3 is 2.52 bits per heavy atom. The summed E-state index contributed by atoms with van der Waals surface area (Å²) in [5, 5.41) is 0. The van der Waals surface area contributed by atoms with Crippen LogP contribution in [0.3, 0.4) is 0 Å². The van der Waals surface area contributed by atoms with Gasteiger partial charge in [-0.2, -0.15) is 0 Å². The standard InChI is InChI=1S/C15H24N6O2/c1-4-11(20-7-5-10(16)6-8-20)21-9-17-13-12(21)14(22)19(3)15(23)18(13)2/h9-11H,4-8,16H2,1-3H3. The quantitative estimate of drug-likeness (QED) is 0.843. The molecule has 0 amide bonds. The molecule has 1 saturated heterocycles. The number of nitrogens with two attached hydrogens (primary N) is 1. The molecule has 1 unspecified atom stereocenters. The Balaban J connectivity index is 2.12. The Hall–Kier alpha value is -1.93. The van der Waals surface area contributed by atoms with Crippen LogP contribution in [0.5, 0.6) is 0 Å². The molecule has 8 nitrogen and oxygen atoms in total. The van der Waals surface area contributed by atoms with Crippen LogP contribution in [0.15, 0.2) is 15.9 Å². The van der Waals surface area contributed by atoms with Gasteiger partial charge in [0.1, 0.15) is 0 Å². The number of hydrogen-bond acceptors (Lipinski definition) is 5. The van der Waals surface area contributed by atoms with E-state index in [4.69, 9.17) is 5.73 Å². The van der Waals surface area contributed by atoms with E-state index in [1.54, 1.807) is 13.4 Å². The molecular weight excluding hydrogens is 296 g/mol. The summed E-state index contributed by atoms with van der Waals surface area (Å²) in [6, 6.07) is 0.261. The third-order valence-corrected chi connectivity index (χ3v) is 4.86. The third kappa shape index (κ3) is 2.51. The zero-order valence-corrected chi connectivity index (χ0v) is 13.9. The minimum absolute atomic E-state index is 0.0534. The lowest BCUT2D eigenvalue weighted by Gasteiger charge is -2.36. The van der Waals surface area contributed by atoms with Crippen molar-refractivity contribution in [2.45, 2.75) is 38.4 Å². The Bertz CT molecular complexity index is 825. The summed E-state index contributed by atoms with van der Waals surface area (Å²) in [6.45, 7) is 3.91. The van der Waals surface area contributed by atoms with Crippen LogP contribution in [0, 0.1) is 0 Å². The summed E-state index contributed by atoms with van der Waals surface area (Å²) in [6.07, 6.45) is 4.50. The molecule has 0 aliphatic carbocycles. The number of aryl methyl sites for hydroxylation is 1. The van der Waals surface area contributed by atoms with E-state index in [1.165, 1.54) is 11.6 Å². The molecule has 2 N–H and O–H groups in total. The molecule has 0 spiro atoms. The lowest BCUT2D eigenvalue weighted by atomic mass is 10.1. The van der Waals surface area contributed by atoms with Crippen molar-refractivity contribution >= 4 is 11.2 Å². The number of hydrogen-bond donors (Lipinski definition) is 1. The van der Waals surface area contributed by atoms with Gasteiger partial charge in [-0.3, -0.25) is 18.8 Å². The second-order valence-corrected chi connectivity index (χ2v) is 6.29. The molecule has 2 aromatic rings. The van der Waals surface area contributed by atoms with Gasteiger partial charge in [-0.15, -0.1) is 0 Å². The highest BCUT2D eigenvalue weighted by Crippen LogP contribution is 2.24. The summed E-state index contributed by atoms with van der Waals surface area (Å²) in [5.41, 5.74) is 6.25. The van der Waals surface area contributed by atoms with E-state index in [-0.39, 0.29) is 23.5 Å². The van der Waals surface area contributed by atoms with Gasteiger partial charge in [0, 0.05) is 33.2 Å². The van der Waals surface area contributed by atoms with Crippen LogP contribution >= 0.6 is 0 Å². The fraction of sp³-hybridized carbons (Fsp3) is 0.667. The first-order chi connectivity index (χ1) is 11.0. The first-order valence-electron chi connectivity index (χ1n) is 8.07. The predicted molar refractivity (Wildman–Crippen MR) is 88.3 cm³/mol. The molecule has 1 atom stereocenters. The minimum atomic E-state index is -0.357. The van der Waals surface area contributed by atoms with Crippen molar-refractivity contribution < 1.29 is 0 Å². The van der Waals surface area contributed by atoms with E-state index in [2.05, 4.69) is 16.8 Å². The van der Waals surface area contributed by atoms with Gasteiger partial charge < -0.3 is 10.3 Å². The van der Waals surface area contributed by atoms with E-state index in [0.717, 1.165) is 36.9 Å². The van der Waals surface area contributed by atoms with Crippen LogP contribution in [0.25, 0.3) is 11.2 Å². The molecule has 0 bridgehead atoms. The topological polar surface area (TPSA) is 91.1 Å². The zero-order valence-electron chi connectivity index (χ0n) is 13.9. The van der Waals surface area contributed by atoms with Crippen LogP contribution in [0.2, 0.25) is 0 Å². The highest BCUT2D eigenvalue weighted by Gasteiger charge is 2.26. The number of imidazole rings is 1. The van der Waals surface area contributed by atoms with Crippen LogP contribution in [-0.4, -0.2) is 42.7 Å². The summed E-state index contributed by atoms with van der Waals surface area (Å²) >= 11 is 0. The second kappa shape index (κ2) is 5.93. The predicted octanol–water partition coefficient (Wildman–Crippen LogP) is -0.235. The van der Waals surface area contributed by atoms with Gasteiger partial charge in [-0.25, -0.2) is 9.78 Å². The minimum Gasteiger partial charge on any atom is -0.328 e. The maximum atomic E-state index is 12.6. The Labute approximate surface area is 134 Å². The van der Waals surface area contributed by atoms with E-state index in [0.29, 0.717) is 11.2 Å². The molecule has 23 heavy (non-hydrogen) atoms. The van der Waals surface area contributed by atoms with Gasteiger partial charge in [-0.05, 0) is 19.3 Å². The average molecular weight is 320 g/mol. The SMILES string of the molecule is CCC(N1CCC(N)CC1)n1cnc2c1c(=O)n(C)c(=O)n2C. The lowest BCUT2D eigenvalue weighted by molar-refractivity contribution is 0.105. The van der Waals surface area contributed by atoms with Crippen molar-refractivity contribution in [3.63, 3.8) is 0 Å². The van der Waals surface area contributed by atoms with E-state index in [9.17, 15) is 9.59 Å². The van der Waals surface area contributed by atoms with Crippen LogP contribution in [-0.2, 0) is 14.1 Å². The Kier molecular flexibility index (Phi) is 4.11. The van der Waals surface area contributed by atoms with Crippen molar-refractivity contribution in [3.8, 4) is 0 Å². The zero-order chi connectivity index (χ0) is 16.7. The summed E-state index contributed by atoms with van der Waals surface area (Å²) in [7, 11) is 3.14. The molecule has 0 radical (unpaired) electrons. The molecule has 1 aliphatic heterocycles. The normalized spacial score (nSPS) is 18.6. The van der Waals surface area contributed by atoms with Crippen molar-refractivity contribution in [2.24, 2.45) is 19.8 Å². The fourth-order valence-electron chi connectivity index (χ4n) is 3.44. The molecule has 1 aliphatic rings. The van der Waals surface area contributed by atoms with Crippen molar-refractivity contribution in [3.05, 3.63) is 27.2 Å². The van der Waals surface area contributed by atoms with Crippen LogP contribution < -0.4 is 17.0 Å². The van der Waals surface area contributed by atoms with Crippen molar-refractivity contribution in [1.29, 1.82) is 0 Å². The van der Waals surface area contributed by atoms with Gasteiger partial charge in [-0.1, -0.05) is 6.92 Å². The number of rotatable bonds is 3. The molecule has 1 fully saturated rings. The number of likely N-dealkylation sites (tertiary alicyclic amines) is 1. The van der Waals surface area contributed by atoms with Crippen LogP contribution in [0.1, 0.15) is 32.4 Å². The molecule has 8 heteroatoms. The van der Waals surface area contributed by atoms with Crippen molar-refractivity contribution in [1.82, 2.24) is 23.6 Å². The van der Waals surface area contributed by atoms with Gasteiger partial charge >= 0.3 is 5.69 Å². The molecular formula is C15H24N6O2. The Morgan fingerprint density at radius 1 is 1.26 bits per heavy atom. The molecule has 0 aromatic carbocycles. The summed E-state index contributed by atoms with van der Waals surface area (Å²) in [4.78, 5) is 31.3. The molecule has 126 valence electrons.